The normalized spacial score (nSPS) is 15.3. The summed E-state index contributed by atoms with van der Waals surface area (Å²) in [5.41, 5.74) is 1.67. The number of carbonyl (C=O) groups is 2. The van der Waals surface area contributed by atoms with Crippen LogP contribution in [0.4, 0.5) is 5.69 Å². The molecule has 2 heterocycles. The van der Waals surface area contributed by atoms with Gasteiger partial charge in [-0.2, -0.15) is 5.26 Å². The molecule has 0 spiro atoms. The van der Waals surface area contributed by atoms with Gasteiger partial charge in [0.2, 0.25) is 5.91 Å². The van der Waals surface area contributed by atoms with Crippen LogP contribution in [-0.4, -0.2) is 39.4 Å². The van der Waals surface area contributed by atoms with Gasteiger partial charge >= 0.3 is 0 Å². The Bertz CT molecular complexity index is 1110. The van der Waals surface area contributed by atoms with Gasteiger partial charge in [0, 0.05) is 28.1 Å². The first kappa shape index (κ1) is 21.0. The molecule has 31 heavy (non-hydrogen) atoms. The van der Waals surface area contributed by atoms with Crippen molar-refractivity contribution in [3.63, 3.8) is 0 Å². The number of anilines is 1. The number of benzene rings is 2. The molecule has 6 nitrogen and oxygen atoms in total. The third kappa shape index (κ3) is 5.08. The van der Waals surface area contributed by atoms with E-state index in [0.29, 0.717) is 28.4 Å². The Balaban J connectivity index is 1.42. The molecule has 1 atom stereocenters. The van der Waals surface area contributed by atoms with Gasteiger partial charge in [0.05, 0.1) is 17.5 Å². The number of thioether (sulfide) groups is 1. The molecule has 0 radical (unpaired) electrons. The summed E-state index contributed by atoms with van der Waals surface area (Å²) >= 11 is 3.08. The highest BCUT2D eigenvalue weighted by Crippen LogP contribution is 2.28. The Kier molecular flexibility index (Phi) is 6.55. The van der Waals surface area contributed by atoms with E-state index in [2.05, 4.69) is 10.3 Å². The molecule has 154 valence electrons. The maximum absolute atomic E-state index is 13.0. The maximum atomic E-state index is 13.0. The van der Waals surface area contributed by atoms with E-state index in [1.54, 1.807) is 59.3 Å². The standard InChI is InChI=1S/C23H18N4O2S2/c24-13-16-4-8-18(9-5-16)26-22(28)20-14-30-15-27(20)23(29)17-6-10-19(11-7-17)31-21-3-1-2-12-25-21/h1-12,20H,14-15H2,(H,26,28). The minimum atomic E-state index is -0.546. The zero-order valence-corrected chi connectivity index (χ0v) is 18.0. The fourth-order valence-electron chi connectivity index (χ4n) is 3.07. The van der Waals surface area contributed by atoms with Gasteiger partial charge in [-0.1, -0.05) is 17.8 Å². The third-order valence-corrected chi connectivity index (χ3v) is 6.66. The SMILES string of the molecule is N#Cc1ccc(NC(=O)C2CSCN2C(=O)c2ccc(Sc3ccccn3)cc2)cc1. The maximum Gasteiger partial charge on any atom is 0.255 e. The van der Waals surface area contributed by atoms with E-state index in [0.717, 1.165) is 9.92 Å². The first-order valence-corrected chi connectivity index (χ1v) is 11.5. The van der Waals surface area contributed by atoms with E-state index in [4.69, 9.17) is 5.26 Å². The molecular formula is C23H18N4O2S2. The highest BCUT2D eigenvalue weighted by molar-refractivity contribution is 7.99. The molecular weight excluding hydrogens is 428 g/mol. The van der Waals surface area contributed by atoms with Crippen LogP contribution in [0.3, 0.4) is 0 Å². The number of carbonyl (C=O) groups excluding carboxylic acids is 2. The smallest absolute Gasteiger partial charge is 0.255 e. The molecule has 0 aliphatic carbocycles. The van der Waals surface area contributed by atoms with Gasteiger partial charge in [0.1, 0.15) is 11.1 Å². The molecule has 1 aliphatic rings. The average Bonchev–Trinajstić information content (AvgIpc) is 3.30. The van der Waals surface area contributed by atoms with Gasteiger partial charge in [0.15, 0.2) is 0 Å². The highest BCUT2D eigenvalue weighted by Gasteiger charge is 2.35. The first-order valence-electron chi connectivity index (χ1n) is 9.53. The lowest BCUT2D eigenvalue weighted by atomic mass is 10.1. The molecule has 0 saturated carbocycles. The van der Waals surface area contributed by atoms with Crippen LogP contribution in [-0.2, 0) is 4.79 Å². The van der Waals surface area contributed by atoms with Gasteiger partial charge in [-0.15, -0.1) is 11.8 Å². The Morgan fingerprint density at radius 2 is 1.87 bits per heavy atom. The fraction of sp³-hybridized carbons (Fsp3) is 0.130. The van der Waals surface area contributed by atoms with Crippen molar-refractivity contribution in [3.8, 4) is 6.07 Å². The zero-order valence-electron chi connectivity index (χ0n) is 16.4. The third-order valence-electron chi connectivity index (χ3n) is 4.69. The molecule has 1 unspecified atom stereocenters. The number of nitrogens with zero attached hydrogens (tertiary/aromatic N) is 3. The van der Waals surface area contributed by atoms with E-state index >= 15 is 0 Å². The van der Waals surface area contributed by atoms with Crippen LogP contribution in [0.2, 0.25) is 0 Å². The van der Waals surface area contributed by atoms with Gasteiger partial charge in [-0.25, -0.2) is 4.98 Å². The molecule has 0 bridgehead atoms. The summed E-state index contributed by atoms with van der Waals surface area (Å²) in [7, 11) is 0. The summed E-state index contributed by atoms with van der Waals surface area (Å²) in [5, 5.41) is 12.6. The van der Waals surface area contributed by atoms with E-state index in [9.17, 15) is 9.59 Å². The van der Waals surface area contributed by atoms with Crippen molar-refractivity contribution in [1.82, 2.24) is 9.88 Å². The summed E-state index contributed by atoms with van der Waals surface area (Å²) < 4.78 is 0. The Morgan fingerprint density at radius 3 is 2.55 bits per heavy atom. The van der Waals surface area contributed by atoms with Crippen molar-refractivity contribution in [3.05, 3.63) is 84.1 Å². The number of aromatic nitrogens is 1. The molecule has 8 heteroatoms. The number of pyridine rings is 1. The van der Waals surface area contributed by atoms with Crippen molar-refractivity contribution < 1.29 is 9.59 Å². The number of hydrogen-bond donors (Lipinski definition) is 1. The van der Waals surface area contributed by atoms with Crippen molar-refractivity contribution >= 4 is 41.0 Å². The number of nitrogens with one attached hydrogen (secondary N) is 1. The molecule has 2 aromatic carbocycles. The summed E-state index contributed by atoms with van der Waals surface area (Å²) in [4.78, 5) is 32.7. The van der Waals surface area contributed by atoms with Gasteiger partial charge < -0.3 is 10.2 Å². The van der Waals surface area contributed by atoms with Crippen LogP contribution < -0.4 is 5.32 Å². The van der Waals surface area contributed by atoms with Crippen LogP contribution in [0, 0.1) is 11.3 Å². The molecule has 1 N–H and O–H groups in total. The van der Waals surface area contributed by atoms with Crippen LogP contribution in [0.25, 0.3) is 0 Å². The lowest BCUT2D eigenvalue weighted by molar-refractivity contribution is -0.119. The van der Waals surface area contributed by atoms with Crippen molar-refractivity contribution in [2.24, 2.45) is 0 Å². The average molecular weight is 447 g/mol. The van der Waals surface area contributed by atoms with Crippen molar-refractivity contribution in [1.29, 1.82) is 5.26 Å². The van der Waals surface area contributed by atoms with E-state index < -0.39 is 6.04 Å². The van der Waals surface area contributed by atoms with Gasteiger partial charge in [-0.05, 0) is 60.7 Å². The topological polar surface area (TPSA) is 86.1 Å². The minimum Gasteiger partial charge on any atom is -0.324 e. The second kappa shape index (κ2) is 9.69. The molecule has 1 aromatic heterocycles. The number of hydrogen-bond acceptors (Lipinski definition) is 6. The van der Waals surface area contributed by atoms with E-state index in [1.165, 1.54) is 11.8 Å². The molecule has 2 amide bonds. The summed E-state index contributed by atoms with van der Waals surface area (Å²) in [6.45, 7) is 0. The van der Waals surface area contributed by atoms with E-state index in [-0.39, 0.29) is 11.8 Å². The summed E-state index contributed by atoms with van der Waals surface area (Å²) in [6.07, 6.45) is 1.74. The minimum absolute atomic E-state index is 0.167. The molecule has 1 fully saturated rings. The Morgan fingerprint density at radius 1 is 1.10 bits per heavy atom. The number of amides is 2. The van der Waals surface area contributed by atoms with Crippen molar-refractivity contribution in [2.75, 3.05) is 16.9 Å². The summed E-state index contributed by atoms with van der Waals surface area (Å²) in [5.74, 6) is 0.612. The first-order chi connectivity index (χ1) is 15.1. The van der Waals surface area contributed by atoms with Crippen molar-refractivity contribution in [2.45, 2.75) is 16.0 Å². The Hall–Kier alpha value is -3.28. The predicted molar refractivity (Wildman–Crippen MR) is 122 cm³/mol. The fourth-order valence-corrected chi connectivity index (χ4v) is 5.00. The predicted octanol–water partition coefficient (Wildman–Crippen LogP) is 4.26. The number of nitriles is 1. The zero-order chi connectivity index (χ0) is 21.6. The van der Waals surface area contributed by atoms with Gasteiger partial charge in [0.25, 0.3) is 5.91 Å². The van der Waals surface area contributed by atoms with E-state index in [1.807, 2.05) is 36.4 Å². The molecule has 1 saturated heterocycles. The van der Waals surface area contributed by atoms with Gasteiger partial charge in [-0.3, -0.25) is 9.59 Å². The Labute approximate surface area is 188 Å². The second-order valence-electron chi connectivity index (χ2n) is 6.76. The number of rotatable bonds is 5. The molecule has 4 rings (SSSR count). The summed E-state index contributed by atoms with van der Waals surface area (Å²) in [6, 6.07) is 21.2. The molecule has 1 aliphatic heterocycles. The lowest BCUT2D eigenvalue weighted by Crippen LogP contribution is -2.44. The van der Waals surface area contributed by atoms with Crippen LogP contribution in [0.5, 0.6) is 0 Å². The largest absolute Gasteiger partial charge is 0.324 e. The van der Waals surface area contributed by atoms with Crippen LogP contribution in [0.1, 0.15) is 15.9 Å². The second-order valence-corrected chi connectivity index (χ2v) is 8.86. The lowest BCUT2D eigenvalue weighted by Gasteiger charge is -2.23. The van der Waals surface area contributed by atoms with Crippen LogP contribution >= 0.6 is 23.5 Å². The quantitative estimate of drug-likeness (QED) is 0.630. The molecule has 3 aromatic rings. The van der Waals surface area contributed by atoms with Crippen LogP contribution in [0.15, 0.2) is 82.8 Å². The monoisotopic (exact) mass is 446 g/mol. The highest BCUT2D eigenvalue weighted by atomic mass is 32.2.